The van der Waals surface area contributed by atoms with Crippen LogP contribution in [0.5, 0.6) is 0 Å². The molecule has 4 aliphatic carbocycles. The van der Waals surface area contributed by atoms with Crippen LogP contribution in [0.1, 0.15) is 59.1 Å². The van der Waals surface area contributed by atoms with Crippen LogP contribution in [0.15, 0.2) is 279 Å². The SMILES string of the molecule is c1ccc(-c2ccc(N(c3ccc4c(c3)-c3ccccc3C43c4ccccc4-c4ccccc43)c3cccc4c(-c5cc6c7ccccc7n7c6c6c5C5(CCCC5)c5cccc(c5-6)-c5ccccc5-7)cccc34)c(-c3ccccc3)c2)cc1. The van der Waals surface area contributed by atoms with Crippen LogP contribution < -0.4 is 4.90 Å². The third kappa shape index (κ3) is 5.94. The molecular formula is C82H54N2. The molecule has 14 aromatic rings. The molecule has 0 saturated heterocycles. The van der Waals surface area contributed by atoms with Crippen LogP contribution in [0.25, 0.3) is 116 Å². The Morgan fingerprint density at radius 1 is 0.310 bits per heavy atom. The van der Waals surface area contributed by atoms with Gasteiger partial charge in [-0.15, -0.1) is 0 Å². The van der Waals surface area contributed by atoms with E-state index in [2.05, 4.69) is 289 Å². The number of hydrogen-bond donors (Lipinski definition) is 0. The Morgan fingerprint density at radius 3 is 1.64 bits per heavy atom. The average Bonchev–Trinajstić information content (AvgIpc) is 1.59. The van der Waals surface area contributed by atoms with Gasteiger partial charge in [0, 0.05) is 44.0 Å². The molecule has 84 heavy (non-hydrogen) atoms. The van der Waals surface area contributed by atoms with Crippen molar-refractivity contribution in [1.29, 1.82) is 0 Å². The molecule has 5 aliphatic rings. The molecule has 0 bridgehead atoms. The second-order valence-corrected chi connectivity index (χ2v) is 24.1. The van der Waals surface area contributed by atoms with E-state index < -0.39 is 5.41 Å². The maximum absolute atomic E-state index is 2.62. The first-order valence-corrected chi connectivity index (χ1v) is 30.0. The second kappa shape index (κ2) is 17.1. The number of fused-ring (bicyclic) bond motifs is 19. The Kier molecular flexibility index (Phi) is 9.46. The highest BCUT2D eigenvalue weighted by atomic mass is 15.1. The van der Waals surface area contributed by atoms with Gasteiger partial charge in [-0.2, -0.15) is 0 Å². The number of nitrogens with zero attached hydrogens (tertiary/aromatic N) is 2. The van der Waals surface area contributed by atoms with Crippen molar-refractivity contribution in [3.63, 3.8) is 0 Å². The van der Waals surface area contributed by atoms with Crippen LogP contribution in [0.2, 0.25) is 0 Å². The van der Waals surface area contributed by atoms with Crippen molar-refractivity contribution in [2.24, 2.45) is 0 Å². The Labute approximate surface area is 488 Å². The summed E-state index contributed by atoms with van der Waals surface area (Å²) >= 11 is 0. The summed E-state index contributed by atoms with van der Waals surface area (Å²) in [7, 11) is 0. The van der Waals surface area contributed by atoms with Crippen molar-refractivity contribution in [3.8, 4) is 83.6 Å². The minimum Gasteiger partial charge on any atom is -0.309 e. The van der Waals surface area contributed by atoms with E-state index in [1.807, 2.05) is 0 Å². The summed E-state index contributed by atoms with van der Waals surface area (Å²) in [4.78, 5) is 2.59. The summed E-state index contributed by atoms with van der Waals surface area (Å²) in [5.41, 5.74) is 33.2. The Hall–Kier alpha value is -10.3. The second-order valence-electron chi connectivity index (χ2n) is 24.1. The molecule has 2 nitrogen and oxygen atoms in total. The van der Waals surface area contributed by atoms with Gasteiger partial charge in [-0.1, -0.05) is 243 Å². The van der Waals surface area contributed by atoms with Crippen molar-refractivity contribution < 1.29 is 0 Å². The number of para-hydroxylation sites is 2. The predicted molar refractivity (Wildman–Crippen MR) is 349 cm³/mol. The number of anilines is 3. The van der Waals surface area contributed by atoms with Crippen LogP contribution in [0.4, 0.5) is 17.1 Å². The summed E-state index contributed by atoms with van der Waals surface area (Å²) in [5, 5.41) is 5.07. The molecule has 1 saturated carbocycles. The van der Waals surface area contributed by atoms with Crippen LogP contribution >= 0.6 is 0 Å². The molecule has 0 unspecified atom stereocenters. The lowest BCUT2D eigenvalue weighted by molar-refractivity contribution is 0.551. The fourth-order valence-corrected chi connectivity index (χ4v) is 17.1. The van der Waals surface area contributed by atoms with E-state index in [0.29, 0.717) is 0 Å². The highest BCUT2D eigenvalue weighted by molar-refractivity contribution is 6.22. The lowest BCUT2D eigenvalue weighted by Crippen LogP contribution is -2.25. The first-order chi connectivity index (χ1) is 41.7. The third-order valence-electron chi connectivity index (χ3n) is 20.3. The van der Waals surface area contributed by atoms with Crippen molar-refractivity contribution >= 4 is 49.6 Å². The Bertz CT molecular complexity index is 5100. The fourth-order valence-electron chi connectivity index (χ4n) is 17.1. The van der Waals surface area contributed by atoms with Gasteiger partial charge in [0.1, 0.15) is 0 Å². The molecule has 1 fully saturated rings. The van der Waals surface area contributed by atoms with Crippen molar-refractivity contribution in [2.75, 3.05) is 4.90 Å². The summed E-state index contributed by atoms with van der Waals surface area (Å²) in [6.07, 6.45) is 4.71. The van der Waals surface area contributed by atoms with Crippen molar-refractivity contribution in [3.05, 3.63) is 312 Å². The summed E-state index contributed by atoms with van der Waals surface area (Å²) < 4.78 is 2.62. The summed E-state index contributed by atoms with van der Waals surface area (Å²) in [6, 6.07) is 106. The molecule has 19 rings (SSSR count). The number of aromatic nitrogens is 1. The monoisotopic (exact) mass is 1070 g/mol. The van der Waals surface area contributed by atoms with Crippen molar-refractivity contribution in [2.45, 2.75) is 36.5 Å². The molecule has 0 N–H and O–H groups in total. The van der Waals surface area contributed by atoms with Crippen LogP contribution in [0, 0.1) is 0 Å². The van der Waals surface area contributed by atoms with E-state index in [4.69, 9.17) is 0 Å². The van der Waals surface area contributed by atoms with E-state index in [1.54, 1.807) is 0 Å². The van der Waals surface area contributed by atoms with E-state index >= 15 is 0 Å². The van der Waals surface area contributed by atoms with E-state index in [0.717, 1.165) is 29.9 Å². The molecular weight excluding hydrogens is 1010 g/mol. The predicted octanol–water partition coefficient (Wildman–Crippen LogP) is 21.6. The van der Waals surface area contributed by atoms with Gasteiger partial charge in [-0.3, -0.25) is 0 Å². The fraction of sp³-hybridized carbons (Fsp3) is 0.0732. The maximum atomic E-state index is 2.62. The summed E-state index contributed by atoms with van der Waals surface area (Å²) in [5.74, 6) is 0. The molecule has 2 heterocycles. The molecule has 0 atom stereocenters. The van der Waals surface area contributed by atoms with Gasteiger partial charge in [-0.25, -0.2) is 0 Å². The zero-order chi connectivity index (χ0) is 54.8. The van der Waals surface area contributed by atoms with Gasteiger partial charge in [0.25, 0.3) is 0 Å². The Balaban J connectivity index is 0.897. The van der Waals surface area contributed by atoms with Gasteiger partial charge < -0.3 is 9.47 Å². The molecule has 0 radical (unpaired) electrons. The lowest BCUT2D eigenvalue weighted by atomic mass is 9.70. The van der Waals surface area contributed by atoms with Gasteiger partial charge >= 0.3 is 0 Å². The largest absolute Gasteiger partial charge is 0.309 e. The number of rotatable bonds is 6. The number of benzene rings is 13. The van der Waals surface area contributed by atoms with Crippen molar-refractivity contribution in [1.82, 2.24) is 4.57 Å². The van der Waals surface area contributed by atoms with Crippen LogP contribution in [-0.2, 0) is 10.8 Å². The zero-order valence-electron chi connectivity index (χ0n) is 46.3. The van der Waals surface area contributed by atoms with E-state index in [1.165, 1.54) is 162 Å². The van der Waals surface area contributed by atoms with Crippen LogP contribution in [0.3, 0.4) is 0 Å². The quantitative estimate of drug-likeness (QED) is 0.161. The van der Waals surface area contributed by atoms with Gasteiger partial charge in [-0.05, 0) is 161 Å². The minimum absolute atomic E-state index is 0.104. The molecule has 13 aromatic carbocycles. The zero-order valence-corrected chi connectivity index (χ0v) is 46.3. The first kappa shape index (κ1) is 46.3. The average molecular weight is 1070 g/mol. The molecule has 0 amide bonds. The van der Waals surface area contributed by atoms with Gasteiger partial charge in [0.2, 0.25) is 0 Å². The molecule has 1 aromatic heterocycles. The highest BCUT2D eigenvalue weighted by Crippen LogP contribution is 2.66. The molecule has 1 aliphatic heterocycles. The smallest absolute Gasteiger partial charge is 0.0725 e. The van der Waals surface area contributed by atoms with E-state index in [-0.39, 0.29) is 5.41 Å². The highest BCUT2D eigenvalue weighted by Gasteiger charge is 2.52. The van der Waals surface area contributed by atoms with E-state index in [9.17, 15) is 0 Å². The number of hydrogen-bond acceptors (Lipinski definition) is 1. The van der Waals surface area contributed by atoms with Gasteiger partial charge in [0.05, 0.1) is 33.5 Å². The van der Waals surface area contributed by atoms with Gasteiger partial charge in [0.15, 0.2) is 0 Å². The minimum atomic E-state index is -0.448. The standard InChI is InChI=1S/C82H54N2/c1-3-22-51(23-4-1)53-42-45-76(64(48-53)52-24-5-2-6-25-52)83(54-43-44-71-65(49-54)59-28-9-14-37-70(59)82(71)68-35-12-7-26-57(68)58-27-8-13-36-69(58)82)73-41-21-32-55-56(31-19-33-60(55)73)66-50-67-62-30-11-16-40-75(62)84-74-39-15-10-29-61(74)63-34-20-38-72-77(63)78(80(67)84)79(66)81(72)46-17-18-47-81/h1-16,19-45,48-50H,17-18,46-47H2. The lowest BCUT2D eigenvalue weighted by Gasteiger charge is -2.32. The molecule has 392 valence electrons. The third-order valence-corrected chi connectivity index (χ3v) is 20.3. The topological polar surface area (TPSA) is 8.17 Å². The molecule has 2 heteroatoms. The molecule has 2 spiro atoms. The first-order valence-electron chi connectivity index (χ1n) is 30.0. The Morgan fingerprint density at radius 2 is 0.881 bits per heavy atom. The summed E-state index contributed by atoms with van der Waals surface area (Å²) in [6.45, 7) is 0. The maximum Gasteiger partial charge on any atom is 0.0725 e. The normalized spacial score (nSPS) is 14.7. The van der Waals surface area contributed by atoms with Crippen LogP contribution in [-0.4, -0.2) is 4.57 Å².